The SMILES string of the molecule is Cn1c2ccc3ccccc3c2c2cccc(CNC(C)(CO)CO)c21. The summed E-state index contributed by atoms with van der Waals surface area (Å²) >= 11 is 0. The molecule has 0 aliphatic heterocycles. The van der Waals surface area contributed by atoms with Gasteiger partial charge in [-0.15, -0.1) is 0 Å². The minimum atomic E-state index is -0.695. The summed E-state index contributed by atoms with van der Waals surface area (Å²) in [6, 6.07) is 19.2. The van der Waals surface area contributed by atoms with Crippen LogP contribution in [0.3, 0.4) is 0 Å². The van der Waals surface area contributed by atoms with Crippen molar-refractivity contribution in [1.29, 1.82) is 0 Å². The minimum absolute atomic E-state index is 0.112. The predicted octanol–water partition coefficient (Wildman–Crippen LogP) is 3.32. The van der Waals surface area contributed by atoms with Crippen molar-refractivity contribution in [3.63, 3.8) is 0 Å². The number of nitrogens with zero attached hydrogens (tertiary/aromatic N) is 1. The summed E-state index contributed by atoms with van der Waals surface area (Å²) < 4.78 is 2.24. The van der Waals surface area contributed by atoms with Crippen molar-refractivity contribution in [3.05, 3.63) is 60.2 Å². The molecule has 0 bridgehead atoms. The van der Waals surface area contributed by atoms with Crippen LogP contribution in [0.2, 0.25) is 0 Å². The first-order valence-electron chi connectivity index (χ1n) is 8.92. The summed E-state index contributed by atoms with van der Waals surface area (Å²) in [5.74, 6) is 0. The first-order chi connectivity index (χ1) is 12.6. The summed E-state index contributed by atoms with van der Waals surface area (Å²) in [6.07, 6.45) is 0. The van der Waals surface area contributed by atoms with Gasteiger partial charge in [-0.1, -0.05) is 48.5 Å². The molecule has 26 heavy (non-hydrogen) atoms. The summed E-state index contributed by atoms with van der Waals surface area (Å²) in [5, 5.41) is 27.4. The lowest BCUT2D eigenvalue weighted by molar-refractivity contribution is 0.103. The number of benzene rings is 3. The highest BCUT2D eigenvalue weighted by molar-refractivity contribution is 6.21. The standard InChI is InChI=1S/C22H24N2O2/c1-22(13-25,14-26)23-12-16-7-5-9-18-20-17-8-4-3-6-15(17)10-11-19(20)24(2)21(16)18/h3-11,23,25-26H,12-14H2,1-2H3. The number of hydrogen-bond donors (Lipinski definition) is 3. The van der Waals surface area contributed by atoms with Gasteiger partial charge in [-0.2, -0.15) is 0 Å². The molecule has 0 radical (unpaired) electrons. The van der Waals surface area contributed by atoms with Crippen LogP contribution in [-0.4, -0.2) is 33.5 Å². The number of aromatic nitrogens is 1. The monoisotopic (exact) mass is 348 g/mol. The maximum atomic E-state index is 9.54. The van der Waals surface area contributed by atoms with E-state index in [4.69, 9.17) is 0 Å². The van der Waals surface area contributed by atoms with Gasteiger partial charge in [0, 0.05) is 29.9 Å². The smallest absolute Gasteiger partial charge is 0.0633 e. The quantitative estimate of drug-likeness (QED) is 0.519. The molecule has 1 aromatic heterocycles. The number of para-hydroxylation sites is 1. The van der Waals surface area contributed by atoms with Gasteiger partial charge in [0.25, 0.3) is 0 Å². The highest BCUT2D eigenvalue weighted by Gasteiger charge is 2.22. The summed E-state index contributed by atoms with van der Waals surface area (Å²) in [5.41, 5.74) is 2.85. The average Bonchev–Trinajstić information content (AvgIpc) is 2.99. The van der Waals surface area contributed by atoms with Crippen molar-refractivity contribution in [2.24, 2.45) is 7.05 Å². The van der Waals surface area contributed by atoms with E-state index in [-0.39, 0.29) is 13.2 Å². The molecule has 4 heteroatoms. The summed E-state index contributed by atoms with van der Waals surface area (Å²) in [4.78, 5) is 0. The predicted molar refractivity (Wildman–Crippen MR) is 107 cm³/mol. The molecular weight excluding hydrogens is 324 g/mol. The van der Waals surface area contributed by atoms with Crippen LogP contribution in [0.4, 0.5) is 0 Å². The Morgan fingerprint density at radius 1 is 0.923 bits per heavy atom. The Labute approximate surface area is 152 Å². The zero-order valence-corrected chi connectivity index (χ0v) is 15.2. The summed E-state index contributed by atoms with van der Waals surface area (Å²) in [7, 11) is 2.10. The molecule has 4 rings (SSSR count). The van der Waals surface area contributed by atoms with Crippen LogP contribution in [0.15, 0.2) is 54.6 Å². The van der Waals surface area contributed by atoms with Crippen molar-refractivity contribution < 1.29 is 10.2 Å². The Bertz CT molecular complexity index is 1090. The van der Waals surface area contributed by atoms with Crippen molar-refractivity contribution in [2.45, 2.75) is 19.0 Å². The van der Waals surface area contributed by atoms with Crippen LogP contribution in [-0.2, 0) is 13.6 Å². The Balaban J connectivity index is 1.93. The number of hydrogen-bond acceptors (Lipinski definition) is 3. The number of aryl methyl sites for hydroxylation is 1. The fraction of sp³-hybridized carbons (Fsp3) is 0.273. The van der Waals surface area contributed by atoms with E-state index in [9.17, 15) is 10.2 Å². The second-order valence-corrected chi connectivity index (χ2v) is 7.28. The normalized spacial score (nSPS) is 12.5. The Hall–Kier alpha value is -2.40. The maximum Gasteiger partial charge on any atom is 0.0633 e. The molecule has 4 aromatic rings. The van der Waals surface area contributed by atoms with E-state index in [1.54, 1.807) is 0 Å². The second kappa shape index (κ2) is 6.40. The van der Waals surface area contributed by atoms with Crippen molar-refractivity contribution >= 4 is 32.6 Å². The van der Waals surface area contributed by atoms with E-state index in [2.05, 4.69) is 71.5 Å². The zero-order chi connectivity index (χ0) is 18.3. The van der Waals surface area contributed by atoms with Crippen LogP contribution in [0.5, 0.6) is 0 Å². The fourth-order valence-corrected chi connectivity index (χ4v) is 3.75. The molecule has 0 amide bonds. The van der Waals surface area contributed by atoms with Crippen LogP contribution in [0.1, 0.15) is 12.5 Å². The highest BCUT2D eigenvalue weighted by Crippen LogP contribution is 2.35. The Morgan fingerprint density at radius 3 is 2.42 bits per heavy atom. The Kier molecular flexibility index (Phi) is 4.19. The molecule has 3 N–H and O–H groups in total. The van der Waals surface area contributed by atoms with Gasteiger partial charge in [-0.25, -0.2) is 0 Å². The van der Waals surface area contributed by atoms with Gasteiger partial charge < -0.3 is 20.1 Å². The molecule has 0 saturated heterocycles. The van der Waals surface area contributed by atoms with Gasteiger partial charge in [0.05, 0.1) is 24.3 Å². The third-order valence-corrected chi connectivity index (χ3v) is 5.40. The molecule has 3 aromatic carbocycles. The van der Waals surface area contributed by atoms with Gasteiger partial charge in [0.1, 0.15) is 0 Å². The number of fused-ring (bicyclic) bond motifs is 5. The van der Waals surface area contributed by atoms with E-state index < -0.39 is 5.54 Å². The largest absolute Gasteiger partial charge is 0.394 e. The number of aliphatic hydroxyl groups is 2. The van der Waals surface area contributed by atoms with E-state index in [0.29, 0.717) is 6.54 Å². The van der Waals surface area contributed by atoms with Gasteiger partial charge in [-0.3, -0.25) is 0 Å². The minimum Gasteiger partial charge on any atom is -0.394 e. The molecule has 0 aliphatic carbocycles. The van der Waals surface area contributed by atoms with Crippen molar-refractivity contribution in [1.82, 2.24) is 9.88 Å². The zero-order valence-electron chi connectivity index (χ0n) is 15.2. The van der Waals surface area contributed by atoms with Gasteiger partial charge in [-0.05, 0) is 29.3 Å². The fourth-order valence-electron chi connectivity index (χ4n) is 3.75. The van der Waals surface area contributed by atoms with Gasteiger partial charge >= 0.3 is 0 Å². The van der Waals surface area contributed by atoms with E-state index >= 15 is 0 Å². The van der Waals surface area contributed by atoms with E-state index in [0.717, 1.165) is 5.56 Å². The highest BCUT2D eigenvalue weighted by atomic mass is 16.3. The summed E-state index contributed by atoms with van der Waals surface area (Å²) in [6.45, 7) is 2.18. The molecule has 0 atom stereocenters. The first-order valence-corrected chi connectivity index (χ1v) is 8.92. The molecule has 0 unspecified atom stereocenters. The molecule has 0 spiro atoms. The van der Waals surface area contributed by atoms with Crippen LogP contribution >= 0.6 is 0 Å². The van der Waals surface area contributed by atoms with Crippen molar-refractivity contribution in [3.8, 4) is 0 Å². The van der Waals surface area contributed by atoms with E-state index in [1.165, 1.54) is 32.6 Å². The van der Waals surface area contributed by atoms with Gasteiger partial charge in [0.15, 0.2) is 0 Å². The third-order valence-electron chi connectivity index (χ3n) is 5.40. The van der Waals surface area contributed by atoms with Gasteiger partial charge in [0.2, 0.25) is 0 Å². The number of aliphatic hydroxyl groups excluding tert-OH is 2. The topological polar surface area (TPSA) is 57.4 Å². The maximum absolute atomic E-state index is 9.54. The molecule has 0 fully saturated rings. The lowest BCUT2D eigenvalue weighted by Crippen LogP contribution is -2.48. The van der Waals surface area contributed by atoms with Crippen LogP contribution in [0, 0.1) is 0 Å². The third kappa shape index (κ3) is 2.58. The number of nitrogens with one attached hydrogen (secondary N) is 1. The molecule has 134 valence electrons. The molecule has 1 heterocycles. The van der Waals surface area contributed by atoms with E-state index in [1.807, 2.05) is 6.92 Å². The average molecular weight is 348 g/mol. The van der Waals surface area contributed by atoms with Crippen LogP contribution in [0.25, 0.3) is 32.6 Å². The molecule has 0 saturated carbocycles. The first kappa shape index (κ1) is 17.0. The number of rotatable bonds is 5. The van der Waals surface area contributed by atoms with Crippen LogP contribution < -0.4 is 5.32 Å². The second-order valence-electron chi connectivity index (χ2n) is 7.28. The molecular formula is C22H24N2O2. The molecule has 4 nitrogen and oxygen atoms in total. The lowest BCUT2D eigenvalue weighted by atomic mass is 10.0. The van der Waals surface area contributed by atoms with Crippen molar-refractivity contribution in [2.75, 3.05) is 13.2 Å². The lowest BCUT2D eigenvalue weighted by Gasteiger charge is -2.26. The Morgan fingerprint density at radius 2 is 1.65 bits per heavy atom. The molecule has 0 aliphatic rings.